The van der Waals surface area contributed by atoms with Gasteiger partial charge in [-0.05, 0) is 36.8 Å². The summed E-state index contributed by atoms with van der Waals surface area (Å²) in [6.45, 7) is 0. The molecule has 2 unspecified atom stereocenters. The molecule has 1 saturated heterocycles. The lowest BCUT2D eigenvalue weighted by atomic mass is 10.1. The van der Waals surface area contributed by atoms with Crippen molar-refractivity contribution in [3.8, 4) is 11.5 Å². The number of rotatable bonds is 5. The van der Waals surface area contributed by atoms with E-state index in [2.05, 4.69) is 5.32 Å². The Morgan fingerprint density at radius 2 is 2.00 bits per heavy atom. The normalized spacial score (nSPS) is 19.8. The number of carbonyl (C=O) groups is 3. The van der Waals surface area contributed by atoms with Crippen LogP contribution in [0.25, 0.3) is 0 Å². The average molecular weight is 449 g/mol. The van der Waals surface area contributed by atoms with E-state index < -0.39 is 30.0 Å². The summed E-state index contributed by atoms with van der Waals surface area (Å²) in [5, 5.41) is 2.49. The first kappa shape index (κ1) is 20.9. The Morgan fingerprint density at radius 1 is 1.23 bits per heavy atom. The van der Waals surface area contributed by atoms with Gasteiger partial charge in [0.2, 0.25) is 18.0 Å². The van der Waals surface area contributed by atoms with Gasteiger partial charge < -0.3 is 19.5 Å². The van der Waals surface area contributed by atoms with Crippen LogP contribution in [0.1, 0.15) is 35.0 Å². The van der Waals surface area contributed by atoms with Gasteiger partial charge in [0.25, 0.3) is 0 Å². The standard InChI is InChI=1S/C21H18ClFN2O6/c1-29-15-7-4-11-17(18(15)30-2)21(28)31-20(11)25-14(6-8-16(25)26)19(27)24-10-3-5-13(23)12(22)9-10/h3-5,7,9,14,20H,6,8H2,1-2H3,(H,24,27). The summed E-state index contributed by atoms with van der Waals surface area (Å²) in [5.41, 5.74) is 0.836. The second-order valence-corrected chi connectivity index (χ2v) is 7.40. The maximum absolute atomic E-state index is 13.4. The van der Waals surface area contributed by atoms with Crippen LogP contribution in [0.3, 0.4) is 0 Å². The summed E-state index contributed by atoms with van der Waals surface area (Å²) in [6.07, 6.45) is -0.736. The predicted octanol–water partition coefficient (Wildman–Crippen LogP) is 3.30. The lowest BCUT2D eigenvalue weighted by Gasteiger charge is -2.29. The maximum atomic E-state index is 13.4. The molecular weight excluding hydrogens is 431 g/mol. The highest BCUT2D eigenvalue weighted by atomic mass is 35.5. The Balaban J connectivity index is 1.64. The van der Waals surface area contributed by atoms with Crippen LogP contribution in [-0.2, 0) is 14.3 Å². The van der Waals surface area contributed by atoms with Gasteiger partial charge in [-0.25, -0.2) is 9.18 Å². The fourth-order valence-corrected chi connectivity index (χ4v) is 4.02. The number of esters is 1. The van der Waals surface area contributed by atoms with Crippen LogP contribution in [-0.4, -0.2) is 42.9 Å². The predicted molar refractivity (Wildman–Crippen MR) is 108 cm³/mol. The Kier molecular flexibility index (Phi) is 5.45. The van der Waals surface area contributed by atoms with Gasteiger partial charge in [0.15, 0.2) is 11.5 Å². The average Bonchev–Trinajstić information content (AvgIpc) is 3.29. The van der Waals surface area contributed by atoms with Crippen molar-refractivity contribution >= 4 is 35.1 Å². The lowest BCUT2D eigenvalue weighted by Crippen LogP contribution is -2.43. The summed E-state index contributed by atoms with van der Waals surface area (Å²) < 4.78 is 29.4. The molecule has 0 bridgehead atoms. The number of benzene rings is 2. The number of methoxy groups -OCH3 is 2. The van der Waals surface area contributed by atoms with E-state index in [0.29, 0.717) is 11.3 Å². The molecule has 2 aliphatic rings. The van der Waals surface area contributed by atoms with Gasteiger partial charge in [-0.15, -0.1) is 0 Å². The highest BCUT2D eigenvalue weighted by molar-refractivity contribution is 6.31. The minimum absolute atomic E-state index is 0.110. The Labute approximate surface area is 181 Å². The first-order chi connectivity index (χ1) is 14.8. The third kappa shape index (κ3) is 3.54. The third-order valence-electron chi connectivity index (χ3n) is 5.26. The molecule has 8 nitrogen and oxygen atoms in total. The highest BCUT2D eigenvalue weighted by Crippen LogP contribution is 2.45. The number of cyclic esters (lactones) is 1. The molecule has 0 spiro atoms. The molecule has 10 heteroatoms. The molecule has 1 N–H and O–H groups in total. The second-order valence-electron chi connectivity index (χ2n) is 7.00. The molecule has 0 aromatic heterocycles. The molecule has 0 radical (unpaired) electrons. The van der Waals surface area contributed by atoms with Gasteiger partial charge in [0.1, 0.15) is 17.4 Å². The topological polar surface area (TPSA) is 94.2 Å². The SMILES string of the molecule is COc1ccc2c(c1OC)C(=O)OC2N1C(=O)CCC1C(=O)Nc1ccc(F)c(Cl)c1. The number of carbonyl (C=O) groups excluding carboxylic acids is 3. The number of nitrogens with zero attached hydrogens (tertiary/aromatic N) is 1. The number of fused-ring (bicyclic) bond motifs is 1. The number of halogens is 2. The monoisotopic (exact) mass is 448 g/mol. The number of amides is 2. The molecular formula is C21H18ClFN2O6. The van der Waals surface area contributed by atoms with Crippen LogP contribution in [0.15, 0.2) is 30.3 Å². The molecule has 4 rings (SSSR count). The van der Waals surface area contributed by atoms with Crippen LogP contribution in [0.5, 0.6) is 11.5 Å². The summed E-state index contributed by atoms with van der Waals surface area (Å²) in [6, 6.07) is 6.08. The van der Waals surface area contributed by atoms with E-state index in [1.807, 2.05) is 0 Å². The van der Waals surface area contributed by atoms with Gasteiger partial charge in [-0.3, -0.25) is 14.5 Å². The van der Waals surface area contributed by atoms with Gasteiger partial charge in [0.05, 0.1) is 19.2 Å². The summed E-state index contributed by atoms with van der Waals surface area (Å²) in [7, 11) is 2.83. The van der Waals surface area contributed by atoms with Gasteiger partial charge in [-0.2, -0.15) is 0 Å². The smallest absolute Gasteiger partial charge is 0.344 e. The van der Waals surface area contributed by atoms with E-state index >= 15 is 0 Å². The third-order valence-corrected chi connectivity index (χ3v) is 5.55. The van der Waals surface area contributed by atoms with Crippen LogP contribution in [0.4, 0.5) is 10.1 Å². The van der Waals surface area contributed by atoms with E-state index in [-0.39, 0.29) is 40.8 Å². The highest BCUT2D eigenvalue weighted by Gasteiger charge is 2.47. The number of nitrogens with one attached hydrogen (secondary N) is 1. The van der Waals surface area contributed by atoms with E-state index in [0.717, 1.165) is 6.07 Å². The molecule has 31 heavy (non-hydrogen) atoms. The summed E-state index contributed by atoms with van der Waals surface area (Å²) >= 11 is 5.77. The zero-order chi connectivity index (χ0) is 22.3. The summed E-state index contributed by atoms with van der Waals surface area (Å²) in [4.78, 5) is 39.4. The number of hydrogen-bond acceptors (Lipinski definition) is 6. The van der Waals surface area contributed by atoms with Crippen molar-refractivity contribution in [3.63, 3.8) is 0 Å². The minimum Gasteiger partial charge on any atom is -0.493 e. The quantitative estimate of drug-likeness (QED) is 0.705. The van der Waals surface area contributed by atoms with Crippen molar-refractivity contribution in [3.05, 3.63) is 52.3 Å². The zero-order valence-electron chi connectivity index (χ0n) is 16.6. The van der Waals surface area contributed by atoms with Crippen LogP contribution in [0.2, 0.25) is 5.02 Å². The van der Waals surface area contributed by atoms with Crippen molar-refractivity contribution in [1.82, 2.24) is 4.90 Å². The maximum Gasteiger partial charge on any atom is 0.344 e. The summed E-state index contributed by atoms with van der Waals surface area (Å²) in [5.74, 6) is -1.59. The molecule has 0 aliphatic carbocycles. The first-order valence-electron chi connectivity index (χ1n) is 9.38. The van der Waals surface area contributed by atoms with E-state index in [9.17, 15) is 18.8 Å². The van der Waals surface area contributed by atoms with Gasteiger partial charge in [-0.1, -0.05) is 11.6 Å². The molecule has 2 aromatic carbocycles. The first-order valence-corrected chi connectivity index (χ1v) is 9.76. The van der Waals surface area contributed by atoms with Crippen molar-refractivity contribution in [2.75, 3.05) is 19.5 Å². The van der Waals surface area contributed by atoms with Gasteiger partial charge >= 0.3 is 5.97 Å². The second kappa shape index (κ2) is 8.07. The molecule has 162 valence electrons. The molecule has 0 saturated carbocycles. The van der Waals surface area contributed by atoms with Crippen molar-refractivity contribution in [2.24, 2.45) is 0 Å². The fraction of sp³-hybridized carbons (Fsp3) is 0.286. The largest absolute Gasteiger partial charge is 0.493 e. The van der Waals surface area contributed by atoms with Crippen LogP contribution < -0.4 is 14.8 Å². The Morgan fingerprint density at radius 3 is 2.68 bits per heavy atom. The number of hydrogen-bond donors (Lipinski definition) is 1. The van der Waals surface area contributed by atoms with Crippen LogP contribution in [0, 0.1) is 5.82 Å². The van der Waals surface area contributed by atoms with Gasteiger partial charge in [0, 0.05) is 17.7 Å². The molecule has 2 aliphatic heterocycles. The van der Waals surface area contributed by atoms with E-state index in [1.54, 1.807) is 12.1 Å². The lowest BCUT2D eigenvalue weighted by molar-refractivity contribution is -0.144. The molecule has 2 atom stereocenters. The van der Waals surface area contributed by atoms with Crippen LogP contribution >= 0.6 is 11.6 Å². The molecule has 2 aromatic rings. The Bertz CT molecular complexity index is 1090. The van der Waals surface area contributed by atoms with Crippen molar-refractivity contribution < 1.29 is 33.0 Å². The zero-order valence-corrected chi connectivity index (χ0v) is 17.4. The van der Waals surface area contributed by atoms with Crippen molar-refractivity contribution in [1.29, 1.82) is 0 Å². The number of anilines is 1. The molecule has 1 fully saturated rings. The minimum atomic E-state index is -1.08. The Hall–Kier alpha value is -3.33. The van der Waals surface area contributed by atoms with E-state index in [4.69, 9.17) is 25.8 Å². The molecule has 2 heterocycles. The van der Waals surface area contributed by atoms with E-state index in [1.165, 1.54) is 31.3 Å². The molecule has 2 amide bonds. The van der Waals surface area contributed by atoms with Crippen molar-refractivity contribution in [2.45, 2.75) is 25.1 Å². The fourth-order valence-electron chi connectivity index (χ4n) is 3.84. The number of ether oxygens (including phenoxy) is 3. The number of likely N-dealkylation sites (tertiary alicyclic amines) is 1.